The predicted octanol–water partition coefficient (Wildman–Crippen LogP) is 3.75. The van der Waals surface area contributed by atoms with Crippen molar-refractivity contribution in [3.63, 3.8) is 0 Å². The van der Waals surface area contributed by atoms with Gasteiger partial charge in [-0.1, -0.05) is 23.7 Å². The van der Waals surface area contributed by atoms with Crippen molar-refractivity contribution < 1.29 is 19.1 Å². The van der Waals surface area contributed by atoms with Crippen molar-refractivity contribution in [3.05, 3.63) is 59.4 Å². The van der Waals surface area contributed by atoms with Crippen LogP contribution in [-0.4, -0.2) is 42.5 Å². The molecule has 7 heteroatoms. The molecule has 4 rings (SSSR count). The maximum atomic E-state index is 13.1. The average molecular weight is 413 g/mol. The summed E-state index contributed by atoms with van der Waals surface area (Å²) in [4.78, 5) is 25.7. The van der Waals surface area contributed by atoms with Crippen molar-refractivity contribution in [1.82, 2.24) is 9.72 Å². The molecule has 0 unspecified atom stereocenters. The number of halogens is 1. The number of pyridine rings is 1. The van der Waals surface area contributed by atoms with Crippen molar-refractivity contribution in [3.8, 4) is 16.9 Å². The number of aromatic nitrogens is 1. The Morgan fingerprint density at radius 2 is 2.14 bits per heavy atom. The van der Waals surface area contributed by atoms with Gasteiger partial charge in [0.2, 0.25) is 0 Å². The zero-order chi connectivity index (χ0) is 20.4. The summed E-state index contributed by atoms with van der Waals surface area (Å²) in [5, 5.41) is 3.14. The van der Waals surface area contributed by atoms with Gasteiger partial charge in [-0.3, -0.25) is 9.59 Å². The number of carbonyl (C=O) groups excluding carboxylic acids is 2. The summed E-state index contributed by atoms with van der Waals surface area (Å²) in [5.74, 6) is -0.706. The van der Waals surface area contributed by atoms with Gasteiger partial charge in [-0.15, -0.1) is 0 Å². The number of nitrogens with zero attached hydrogens (tertiary/aromatic N) is 1. The largest absolute Gasteiger partial charge is 0.495 e. The molecule has 0 spiro atoms. The number of nitrogens with one attached hydrogen (secondary N) is 1. The van der Waals surface area contributed by atoms with Gasteiger partial charge in [0.05, 0.1) is 18.2 Å². The standard InChI is InChI=1S/C22H21ClN2O4/c1-28-19-8-7-14(11-18(19)23)17-12-15-5-2-3-9-25(15)20(17)21(26)22(27)24-13-16-6-4-10-29-16/h2-3,5,7-9,11-12,16H,4,6,10,13H2,1H3,(H,24,27)/t16-/m0/s1. The summed E-state index contributed by atoms with van der Waals surface area (Å²) >= 11 is 6.29. The molecule has 1 aromatic carbocycles. The highest BCUT2D eigenvalue weighted by Gasteiger charge is 2.26. The number of amides is 1. The number of hydrogen-bond donors (Lipinski definition) is 1. The van der Waals surface area contributed by atoms with Crippen LogP contribution in [0, 0.1) is 0 Å². The van der Waals surface area contributed by atoms with Crippen molar-refractivity contribution >= 4 is 28.8 Å². The topological polar surface area (TPSA) is 69.0 Å². The quantitative estimate of drug-likeness (QED) is 0.494. The maximum absolute atomic E-state index is 13.1. The van der Waals surface area contributed by atoms with Crippen LogP contribution < -0.4 is 10.1 Å². The van der Waals surface area contributed by atoms with Crippen LogP contribution in [0.5, 0.6) is 5.75 Å². The number of fused-ring (bicyclic) bond motifs is 1. The molecule has 0 aliphatic carbocycles. The number of carbonyl (C=O) groups is 2. The first-order chi connectivity index (χ1) is 14.1. The summed E-state index contributed by atoms with van der Waals surface area (Å²) in [6.07, 6.45) is 3.60. The van der Waals surface area contributed by atoms with E-state index in [0.29, 0.717) is 35.2 Å². The van der Waals surface area contributed by atoms with Gasteiger partial charge < -0.3 is 19.2 Å². The van der Waals surface area contributed by atoms with Crippen LogP contribution >= 0.6 is 11.6 Å². The highest BCUT2D eigenvalue weighted by Crippen LogP contribution is 2.34. The number of ketones is 1. The fraction of sp³-hybridized carbons (Fsp3) is 0.273. The fourth-order valence-electron chi connectivity index (χ4n) is 3.61. The van der Waals surface area contributed by atoms with E-state index < -0.39 is 11.7 Å². The van der Waals surface area contributed by atoms with E-state index in [4.69, 9.17) is 21.1 Å². The second kappa shape index (κ2) is 8.27. The third kappa shape index (κ3) is 3.86. The molecule has 1 fully saturated rings. The highest BCUT2D eigenvalue weighted by molar-refractivity contribution is 6.43. The molecule has 1 amide bonds. The number of benzene rings is 1. The van der Waals surface area contributed by atoms with Crippen LogP contribution in [-0.2, 0) is 9.53 Å². The van der Waals surface area contributed by atoms with E-state index in [-0.39, 0.29) is 6.10 Å². The monoisotopic (exact) mass is 412 g/mol. The lowest BCUT2D eigenvalue weighted by molar-refractivity contribution is -0.117. The average Bonchev–Trinajstić information content (AvgIpc) is 3.39. The molecule has 6 nitrogen and oxygen atoms in total. The number of rotatable bonds is 6. The van der Waals surface area contributed by atoms with Crippen LogP contribution in [0.25, 0.3) is 16.6 Å². The van der Waals surface area contributed by atoms with Gasteiger partial charge in [0.25, 0.3) is 11.7 Å². The van der Waals surface area contributed by atoms with Gasteiger partial charge in [-0.25, -0.2) is 0 Å². The molecule has 1 aliphatic heterocycles. The third-order valence-corrected chi connectivity index (χ3v) is 5.37. The SMILES string of the molecule is COc1ccc(-c2cc3ccccn3c2C(=O)C(=O)NC[C@@H]2CCCO2)cc1Cl. The van der Waals surface area contributed by atoms with E-state index >= 15 is 0 Å². The summed E-state index contributed by atoms with van der Waals surface area (Å²) < 4.78 is 12.4. The van der Waals surface area contributed by atoms with E-state index in [1.54, 1.807) is 29.8 Å². The number of ether oxygens (including phenoxy) is 2. The lowest BCUT2D eigenvalue weighted by Gasteiger charge is -2.11. The third-order valence-electron chi connectivity index (χ3n) is 5.08. The Bertz CT molecular complexity index is 1070. The molecular formula is C22H21ClN2O4. The number of methoxy groups -OCH3 is 1. The first kappa shape index (κ1) is 19.5. The zero-order valence-corrected chi connectivity index (χ0v) is 16.7. The zero-order valence-electron chi connectivity index (χ0n) is 16.0. The van der Waals surface area contributed by atoms with Crippen molar-refractivity contribution in [2.75, 3.05) is 20.3 Å². The lowest BCUT2D eigenvalue weighted by Crippen LogP contribution is -2.37. The first-order valence-corrected chi connectivity index (χ1v) is 9.84. The molecule has 0 radical (unpaired) electrons. The predicted molar refractivity (Wildman–Crippen MR) is 111 cm³/mol. The molecule has 1 saturated heterocycles. The molecule has 3 heterocycles. The minimum absolute atomic E-state index is 0.0318. The molecule has 150 valence electrons. The van der Waals surface area contributed by atoms with E-state index in [0.717, 1.165) is 23.9 Å². The Morgan fingerprint density at radius 3 is 2.86 bits per heavy atom. The van der Waals surface area contributed by atoms with E-state index in [9.17, 15) is 9.59 Å². The van der Waals surface area contributed by atoms with E-state index in [1.165, 1.54) is 0 Å². The van der Waals surface area contributed by atoms with Gasteiger partial charge in [0.1, 0.15) is 11.4 Å². The number of hydrogen-bond acceptors (Lipinski definition) is 4. The molecule has 2 aromatic heterocycles. The van der Waals surface area contributed by atoms with Crippen molar-refractivity contribution in [1.29, 1.82) is 0 Å². The Labute approximate surface area is 173 Å². The molecule has 29 heavy (non-hydrogen) atoms. The van der Waals surface area contributed by atoms with Gasteiger partial charge in [-0.2, -0.15) is 0 Å². The van der Waals surface area contributed by atoms with E-state index in [1.807, 2.05) is 30.3 Å². The van der Waals surface area contributed by atoms with Crippen LogP contribution in [0.2, 0.25) is 5.02 Å². The van der Waals surface area contributed by atoms with Gasteiger partial charge >= 0.3 is 0 Å². The molecule has 1 aliphatic rings. The van der Waals surface area contributed by atoms with Gasteiger partial charge in [0, 0.05) is 30.4 Å². The second-order valence-corrected chi connectivity index (χ2v) is 7.33. The van der Waals surface area contributed by atoms with Gasteiger partial charge in [-0.05, 0) is 48.7 Å². The summed E-state index contributed by atoms with van der Waals surface area (Å²) in [5.41, 5.74) is 2.48. The van der Waals surface area contributed by atoms with Crippen LogP contribution in [0.1, 0.15) is 23.3 Å². The molecular weight excluding hydrogens is 392 g/mol. The molecule has 0 bridgehead atoms. The van der Waals surface area contributed by atoms with Crippen LogP contribution in [0.4, 0.5) is 0 Å². The molecule has 0 saturated carbocycles. The fourth-order valence-corrected chi connectivity index (χ4v) is 3.87. The minimum Gasteiger partial charge on any atom is -0.495 e. The summed E-state index contributed by atoms with van der Waals surface area (Å²) in [7, 11) is 1.54. The van der Waals surface area contributed by atoms with Crippen molar-refractivity contribution in [2.24, 2.45) is 0 Å². The normalized spacial score (nSPS) is 16.1. The van der Waals surface area contributed by atoms with Crippen LogP contribution in [0.3, 0.4) is 0 Å². The molecule has 3 aromatic rings. The lowest BCUT2D eigenvalue weighted by atomic mass is 10.0. The van der Waals surface area contributed by atoms with E-state index in [2.05, 4.69) is 5.32 Å². The molecule has 1 atom stereocenters. The molecule has 1 N–H and O–H groups in total. The Hall–Kier alpha value is -2.83. The Kier molecular flexibility index (Phi) is 5.56. The first-order valence-electron chi connectivity index (χ1n) is 9.46. The summed E-state index contributed by atoms with van der Waals surface area (Å²) in [6, 6.07) is 12.8. The van der Waals surface area contributed by atoms with Gasteiger partial charge in [0.15, 0.2) is 0 Å². The van der Waals surface area contributed by atoms with Crippen LogP contribution in [0.15, 0.2) is 48.7 Å². The number of Topliss-reactive ketones (excluding diaryl/α,β-unsaturated/α-hetero) is 1. The second-order valence-electron chi connectivity index (χ2n) is 6.93. The van der Waals surface area contributed by atoms with Crippen molar-refractivity contribution in [2.45, 2.75) is 18.9 Å². The summed E-state index contributed by atoms with van der Waals surface area (Å²) in [6.45, 7) is 1.03. The Morgan fingerprint density at radius 1 is 1.28 bits per heavy atom. The Balaban J connectivity index is 1.70. The maximum Gasteiger partial charge on any atom is 0.294 e. The minimum atomic E-state index is -0.648. The highest BCUT2D eigenvalue weighted by atomic mass is 35.5. The smallest absolute Gasteiger partial charge is 0.294 e.